The molecule has 1 aromatic heterocycles. The third-order valence-electron chi connectivity index (χ3n) is 5.20. The van der Waals surface area contributed by atoms with E-state index in [-0.39, 0.29) is 11.9 Å². The molecule has 5 heteroatoms. The summed E-state index contributed by atoms with van der Waals surface area (Å²) in [7, 11) is 0. The summed E-state index contributed by atoms with van der Waals surface area (Å²) >= 11 is 0. The van der Waals surface area contributed by atoms with Crippen molar-refractivity contribution in [3.63, 3.8) is 0 Å². The van der Waals surface area contributed by atoms with E-state index in [0.29, 0.717) is 17.5 Å². The SMILES string of the molecule is CC1(C)CC(c2c[nH]c3c(C(N)=O)cc(-c4ccccc4)cc23)NC1=O. The molecule has 0 radical (unpaired) electrons. The highest BCUT2D eigenvalue weighted by Crippen LogP contribution is 2.40. The van der Waals surface area contributed by atoms with Gasteiger partial charge in [-0.1, -0.05) is 44.2 Å². The molecule has 1 unspecified atom stereocenters. The van der Waals surface area contributed by atoms with Crippen molar-refractivity contribution in [3.8, 4) is 11.1 Å². The van der Waals surface area contributed by atoms with Crippen LogP contribution in [0.5, 0.6) is 0 Å². The van der Waals surface area contributed by atoms with E-state index in [0.717, 1.165) is 22.1 Å². The zero-order valence-electron chi connectivity index (χ0n) is 14.8. The van der Waals surface area contributed by atoms with Crippen molar-refractivity contribution in [2.24, 2.45) is 11.1 Å². The summed E-state index contributed by atoms with van der Waals surface area (Å²) in [5.74, 6) is -0.428. The first kappa shape index (κ1) is 16.4. The van der Waals surface area contributed by atoms with Gasteiger partial charge in [-0.05, 0) is 35.2 Å². The van der Waals surface area contributed by atoms with Crippen molar-refractivity contribution in [2.45, 2.75) is 26.3 Å². The van der Waals surface area contributed by atoms with Gasteiger partial charge < -0.3 is 16.0 Å². The van der Waals surface area contributed by atoms with Gasteiger partial charge in [0, 0.05) is 17.0 Å². The Morgan fingerprint density at radius 1 is 1.15 bits per heavy atom. The number of fused-ring (bicyclic) bond motifs is 1. The highest BCUT2D eigenvalue weighted by atomic mass is 16.2. The first-order valence-electron chi connectivity index (χ1n) is 8.68. The lowest BCUT2D eigenvalue weighted by Gasteiger charge is -2.13. The molecule has 0 saturated carbocycles. The van der Waals surface area contributed by atoms with Crippen LogP contribution in [0, 0.1) is 5.41 Å². The smallest absolute Gasteiger partial charge is 0.250 e. The zero-order chi connectivity index (χ0) is 18.5. The second kappa shape index (κ2) is 5.73. The minimum atomic E-state index is -0.475. The Morgan fingerprint density at radius 2 is 1.88 bits per heavy atom. The lowest BCUT2D eigenvalue weighted by molar-refractivity contribution is -0.126. The molecule has 2 aromatic carbocycles. The number of primary amides is 1. The number of H-pyrrole nitrogens is 1. The molecule has 0 aliphatic carbocycles. The molecule has 2 amide bonds. The van der Waals surface area contributed by atoms with Gasteiger partial charge in [-0.15, -0.1) is 0 Å². The van der Waals surface area contributed by atoms with Crippen LogP contribution in [-0.2, 0) is 4.79 Å². The van der Waals surface area contributed by atoms with Crippen molar-refractivity contribution in [2.75, 3.05) is 0 Å². The summed E-state index contributed by atoms with van der Waals surface area (Å²) in [5, 5.41) is 3.99. The second-order valence-corrected chi connectivity index (χ2v) is 7.53. The van der Waals surface area contributed by atoms with Gasteiger partial charge in [0.05, 0.1) is 17.1 Å². The molecule has 0 bridgehead atoms. The normalized spacial score (nSPS) is 18.8. The van der Waals surface area contributed by atoms with Crippen LogP contribution in [0.15, 0.2) is 48.7 Å². The maximum atomic E-state index is 12.2. The predicted molar refractivity (Wildman–Crippen MR) is 102 cm³/mol. The van der Waals surface area contributed by atoms with E-state index in [1.165, 1.54) is 0 Å². The first-order chi connectivity index (χ1) is 12.4. The summed E-state index contributed by atoms with van der Waals surface area (Å²) < 4.78 is 0. The standard InChI is InChI=1S/C21H21N3O2/c1-21(2)10-17(24-20(21)26)16-11-23-18-14(16)8-13(9-15(18)19(22)25)12-6-4-3-5-7-12/h3-9,11,17,23H,10H2,1-2H3,(H2,22,25)(H,24,26). The molecule has 4 rings (SSSR count). The maximum Gasteiger partial charge on any atom is 0.250 e. The number of benzene rings is 2. The third kappa shape index (κ3) is 2.56. The van der Waals surface area contributed by atoms with Crippen LogP contribution in [0.1, 0.15) is 42.2 Å². The lowest BCUT2D eigenvalue weighted by Crippen LogP contribution is -2.25. The number of rotatable bonds is 3. The highest BCUT2D eigenvalue weighted by Gasteiger charge is 2.40. The van der Waals surface area contributed by atoms with Crippen LogP contribution in [0.3, 0.4) is 0 Å². The van der Waals surface area contributed by atoms with Gasteiger partial charge in [-0.25, -0.2) is 0 Å². The van der Waals surface area contributed by atoms with Crippen molar-refractivity contribution in [1.29, 1.82) is 0 Å². The average Bonchev–Trinajstić information content (AvgIpc) is 3.15. The van der Waals surface area contributed by atoms with Gasteiger partial charge in [0.1, 0.15) is 0 Å². The van der Waals surface area contributed by atoms with Gasteiger partial charge in [-0.3, -0.25) is 9.59 Å². The van der Waals surface area contributed by atoms with E-state index in [2.05, 4.69) is 16.4 Å². The number of hydrogen-bond acceptors (Lipinski definition) is 2. The fourth-order valence-corrected chi connectivity index (χ4v) is 3.73. The molecule has 26 heavy (non-hydrogen) atoms. The largest absolute Gasteiger partial charge is 0.366 e. The van der Waals surface area contributed by atoms with Gasteiger partial charge in [0.2, 0.25) is 5.91 Å². The van der Waals surface area contributed by atoms with Crippen LogP contribution in [-0.4, -0.2) is 16.8 Å². The Bertz CT molecular complexity index is 1020. The second-order valence-electron chi connectivity index (χ2n) is 7.53. The Balaban J connectivity index is 1.90. The topological polar surface area (TPSA) is 88.0 Å². The van der Waals surface area contributed by atoms with Crippen LogP contribution in [0.25, 0.3) is 22.0 Å². The summed E-state index contributed by atoms with van der Waals surface area (Å²) in [6.45, 7) is 3.89. The number of amides is 2. The van der Waals surface area contributed by atoms with Crippen molar-refractivity contribution in [3.05, 3.63) is 59.8 Å². The molecule has 5 nitrogen and oxygen atoms in total. The predicted octanol–water partition coefficient (Wildman–Crippen LogP) is 3.52. The van der Waals surface area contributed by atoms with Crippen molar-refractivity contribution in [1.82, 2.24) is 10.3 Å². The van der Waals surface area contributed by atoms with Crippen molar-refractivity contribution < 1.29 is 9.59 Å². The minimum Gasteiger partial charge on any atom is -0.366 e. The van der Waals surface area contributed by atoms with Gasteiger partial charge in [0.25, 0.3) is 5.91 Å². The molecule has 4 N–H and O–H groups in total. The summed E-state index contributed by atoms with van der Waals surface area (Å²) in [4.78, 5) is 27.4. The molecular formula is C21H21N3O2. The van der Waals surface area contributed by atoms with Crippen molar-refractivity contribution >= 4 is 22.7 Å². The van der Waals surface area contributed by atoms with E-state index >= 15 is 0 Å². The summed E-state index contributed by atoms with van der Waals surface area (Å²) in [5.41, 5.74) is 9.32. The number of aromatic amines is 1. The number of hydrogen-bond donors (Lipinski definition) is 3. The number of nitrogens with one attached hydrogen (secondary N) is 2. The van der Waals surface area contributed by atoms with E-state index in [4.69, 9.17) is 5.73 Å². The average molecular weight is 347 g/mol. The Kier molecular flexibility index (Phi) is 3.61. The number of carbonyl (C=O) groups is 2. The molecule has 1 fully saturated rings. The molecular weight excluding hydrogens is 326 g/mol. The summed E-state index contributed by atoms with van der Waals surface area (Å²) in [6, 6.07) is 13.7. The van der Waals surface area contributed by atoms with Gasteiger partial charge in [-0.2, -0.15) is 0 Å². The Hall–Kier alpha value is -3.08. The monoisotopic (exact) mass is 347 g/mol. The number of carbonyl (C=O) groups excluding carboxylic acids is 2. The van der Waals surface area contributed by atoms with Gasteiger partial charge in [0.15, 0.2) is 0 Å². The summed E-state index contributed by atoms with van der Waals surface area (Å²) in [6.07, 6.45) is 2.58. The zero-order valence-corrected chi connectivity index (χ0v) is 14.8. The third-order valence-corrected chi connectivity index (χ3v) is 5.20. The molecule has 3 aromatic rings. The van der Waals surface area contributed by atoms with Crippen LogP contribution >= 0.6 is 0 Å². The van der Waals surface area contributed by atoms with Gasteiger partial charge >= 0.3 is 0 Å². The maximum absolute atomic E-state index is 12.2. The molecule has 1 aliphatic rings. The van der Waals surface area contributed by atoms with E-state index < -0.39 is 11.3 Å². The quantitative estimate of drug-likeness (QED) is 0.677. The lowest BCUT2D eigenvalue weighted by atomic mass is 9.87. The highest BCUT2D eigenvalue weighted by molar-refractivity contribution is 6.08. The molecule has 0 spiro atoms. The number of aromatic nitrogens is 1. The fourth-order valence-electron chi connectivity index (χ4n) is 3.73. The van der Waals surface area contributed by atoms with E-state index in [1.54, 1.807) is 0 Å². The van der Waals surface area contributed by atoms with E-state index in [9.17, 15) is 9.59 Å². The van der Waals surface area contributed by atoms with Crippen LogP contribution < -0.4 is 11.1 Å². The van der Waals surface area contributed by atoms with E-state index in [1.807, 2.05) is 56.4 Å². The molecule has 1 aliphatic heterocycles. The molecule has 2 heterocycles. The fraction of sp³-hybridized carbons (Fsp3) is 0.238. The Labute approximate surface area is 151 Å². The molecule has 1 atom stereocenters. The number of nitrogens with two attached hydrogens (primary N) is 1. The minimum absolute atomic E-state index is 0.0474. The Morgan fingerprint density at radius 3 is 2.50 bits per heavy atom. The molecule has 1 saturated heterocycles. The molecule has 132 valence electrons. The first-order valence-corrected chi connectivity index (χ1v) is 8.68. The van der Waals surface area contributed by atoms with Crippen LogP contribution in [0.4, 0.5) is 0 Å². The van der Waals surface area contributed by atoms with Crippen LogP contribution in [0.2, 0.25) is 0 Å².